The fourth-order valence-corrected chi connectivity index (χ4v) is 1.53. The summed E-state index contributed by atoms with van der Waals surface area (Å²) in [5.74, 6) is 0.590. The summed E-state index contributed by atoms with van der Waals surface area (Å²) in [5, 5.41) is 6.70. The van der Waals surface area contributed by atoms with E-state index in [4.69, 9.17) is 10.5 Å². The van der Waals surface area contributed by atoms with Gasteiger partial charge in [0.05, 0.1) is 24.9 Å². The van der Waals surface area contributed by atoms with Gasteiger partial charge in [0.1, 0.15) is 5.75 Å². The molecule has 0 atom stereocenters. The molecule has 0 saturated heterocycles. The maximum atomic E-state index is 11.6. The fraction of sp³-hybridized carbons (Fsp3) is 0.231. The number of benzene rings is 1. The minimum Gasteiger partial charge on any atom is -0.493 e. The van der Waals surface area contributed by atoms with Gasteiger partial charge < -0.3 is 15.8 Å². The van der Waals surface area contributed by atoms with E-state index in [1.807, 2.05) is 0 Å². The average Bonchev–Trinajstić information content (AvgIpc) is 2.77. The van der Waals surface area contributed by atoms with Crippen LogP contribution in [0, 0.1) is 0 Å². The van der Waals surface area contributed by atoms with Crippen molar-refractivity contribution >= 4 is 17.3 Å². The zero-order valence-corrected chi connectivity index (χ0v) is 10.7. The normalized spacial score (nSPS) is 10.2. The molecule has 1 aromatic carbocycles. The standard InChI is InChI=1S/C13H16N4O2/c1-17-9-11(8-15-17)16-13(18)6-7-19-12-4-2-10(14)3-5-12/h2-5,8-9H,6-7,14H2,1H3,(H,16,18). The van der Waals surface area contributed by atoms with E-state index < -0.39 is 0 Å². The summed E-state index contributed by atoms with van der Waals surface area (Å²) >= 11 is 0. The molecule has 6 nitrogen and oxygen atoms in total. The van der Waals surface area contributed by atoms with Crippen LogP contribution < -0.4 is 15.8 Å². The Morgan fingerprint density at radius 3 is 2.79 bits per heavy atom. The lowest BCUT2D eigenvalue weighted by molar-refractivity contribution is -0.116. The highest BCUT2D eigenvalue weighted by Gasteiger charge is 2.04. The number of carbonyl (C=O) groups is 1. The molecule has 0 unspecified atom stereocenters. The van der Waals surface area contributed by atoms with Crippen molar-refractivity contribution in [1.82, 2.24) is 9.78 Å². The van der Waals surface area contributed by atoms with Crippen LogP contribution in [-0.4, -0.2) is 22.3 Å². The highest BCUT2D eigenvalue weighted by molar-refractivity contribution is 5.90. The summed E-state index contributed by atoms with van der Waals surface area (Å²) in [5.41, 5.74) is 6.93. The van der Waals surface area contributed by atoms with E-state index in [1.165, 1.54) is 0 Å². The molecule has 0 aliphatic carbocycles. The predicted octanol–water partition coefficient (Wildman–Crippen LogP) is 1.41. The van der Waals surface area contributed by atoms with Crippen LogP contribution in [0.5, 0.6) is 5.75 Å². The van der Waals surface area contributed by atoms with Crippen molar-refractivity contribution in [1.29, 1.82) is 0 Å². The molecule has 2 aromatic rings. The largest absolute Gasteiger partial charge is 0.493 e. The van der Waals surface area contributed by atoms with E-state index in [0.717, 1.165) is 0 Å². The van der Waals surface area contributed by atoms with E-state index >= 15 is 0 Å². The topological polar surface area (TPSA) is 82.2 Å². The Bertz CT molecular complexity index is 548. The van der Waals surface area contributed by atoms with E-state index in [1.54, 1.807) is 48.4 Å². The van der Waals surface area contributed by atoms with Crippen molar-refractivity contribution in [3.63, 3.8) is 0 Å². The van der Waals surface area contributed by atoms with E-state index in [9.17, 15) is 4.79 Å². The van der Waals surface area contributed by atoms with Gasteiger partial charge in [0.25, 0.3) is 0 Å². The number of hydrogen-bond donors (Lipinski definition) is 2. The Morgan fingerprint density at radius 2 is 2.16 bits per heavy atom. The first-order valence-corrected chi connectivity index (χ1v) is 5.90. The van der Waals surface area contributed by atoms with Gasteiger partial charge in [-0.3, -0.25) is 9.48 Å². The van der Waals surface area contributed by atoms with Crippen LogP contribution in [-0.2, 0) is 11.8 Å². The number of amides is 1. The molecule has 1 aromatic heterocycles. The van der Waals surface area contributed by atoms with E-state index in [2.05, 4.69) is 10.4 Å². The number of rotatable bonds is 5. The number of nitrogen functional groups attached to an aromatic ring is 1. The quantitative estimate of drug-likeness (QED) is 0.796. The Hall–Kier alpha value is -2.50. The van der Waals surface area contributed by atoms with Crippen LogP contribution in [0.1, 0.15) is 6.42 Å². The van der Waals surface area contributed by atoms with Crippen LogP contribution in [0.2, 0.25) is 0 Å². The van der Waals surface area contributed by atoms with Crippen molar-refractivity contribution in [3.05, 3.63) is 36.7 Å². The van der Waals surface area contributed by atoms with Crippen molar-refractivity contribution < 1.29 is 9.53 Å². The molecule has 0 aliphatic rings. The molecule has 100 valence electrons. The van der Waals surface area contributed by atoms with Gasteiger partial charge >= 0.3 is 0 Å². The molecule has 1 heterocycles. The first-order chi connectivity index (χ1) is 9.13. The van der Waals surface area contributed by atoms with Crippen LogP contribution >= 0.6 is 0 Å². The predicted molar refractivity (Wildman–Crippen MR) is 72.8 cm³/mol. The van der Waals surface area contributed by atoms with Crippen LogP contribution in [0.3, 0.4) is 0 Å². The Labute approximate surface area is 111 Å². The summed E-state index contributed by atoms with van der Waals surface area (Å²) in [4.78, 5) is 11.6. The first kappa shape index (κ1) is 12.9. The molecule has 0 bridgehead atoms. The maximum absolute atomic E-state index is 11.6. The Balaban J connectivity index is 1.73. The highest BCUT2D eigenvalue weighted by Crippen LogP contribution is 2.13. The summed E-state index contributed by atoms with van der Waals surface area (Å²) in [6, 6.07) is 7.05. The lowest BCUT2D eigenvalue weighted by atomic mass is 10.3. The monoisotopic (exact) mass is 260 g/mol. The molecule has 0 saturated carbocycles. The molecule has 3 N–H and O–H groups in total. The van der Waals surface area contributed by atoms with Gasteiger partial charge in [-0.15, -0.1) is 0 Å². The SMILES string of the molecule is Cn1cc(NC(=O)CCOc2ccc(N)cc2)cn1. The van der Waals surface area contributed by atoms with Gasteiger partial charge in [-0.25, -0.2) is 0 Å². The number of anilines is 2. The molecule has 1 amide bonds. The number of ether oxygens (including phenoxy) is 1. The van der Waals surface area contributed by atoms with Crippen LogP contribution in [0.15, 0.2) is 36.7 Å². The zero-order chi connectivity index (χ0) is 13.7. The molecule has 19 heavy (non-hydrogen) atoms. The van der Waals surface area contributed by atoms with E-state index in [0.29, 0.717) is 23.7 Å². The molecular formula is C13H16N4O2. The third-order valence-electron chi connectivity index (χ3n) is 2.47. The minimum atomic E-state index is -0.108. The third kappa shape index (κ3) is 4.02. The molecule has 0 fully saturated rings. The summed E-state index contributed by atoms with van der Waals surface area (Å²) in [6.07, 6.45) is 3.61. The molecular weight excluding hydrogens is 244 g/mol. The van der Waals surface area contributed by atoms with Gasteiger partial charge in [0.15, 0.2) is 0 Å². The molecule has 0 spiro atoms. The second kappa shape index (κ2) is 5.90. The van der Waals surface area contributed by atoms with Crippen LogP contribution in [0.4, 0.5) is 11.4 Å². The summed E-state index contributed by atoms with van der Waals surface area (Å²) in [7, 11) is 1.79. The number of nitrogens with one attached hydrogen (secondary N) is 1. The number of carbonyl (C=O) groups excluding carboxylic acids is 1. The van der Waals surface area contributed by atoms with Crippen molar-refractivity contribution in [2.45, 2.75) is 6.42 Å². The average molecular weight is 260 g/mol. The number of hydrogen-bond acceptors (Lipinski definition) is 4. The molecule has 2 rings (SSSR count). The highest BCUT2D eigenvalue weighted by atomic mass is 16.5. The van der Waals surface area contributed by atoms with Crippen LogP contribution in [0.25, 0.3) is 0 Å². The zero-order valence-electron chi connectivity index (χ0n) is 10.7. The Morgan fingerprint density at radius 1 is 1.42 bits per heavy atom. The summed E-state index contributed by atoms with van der Waals surface area (Å²) < 4.78 is 7.06. The third-order valence-corrected chi connectivity index (χ3v) is 2.47. The minimum absolute atomic E-state index is 0.108. The number of nitrogens with zero attached hydrogens (tertiary/aromatic N) is 2. The van der Waals surface area contributed by atoms with Gasteiger partial charge in [0.2, 0.25) is 5.91 Å². The van der Waals surface area contributed by atoms with Gasteiger partial charge in [0, 0.05) is 18.9 Å². The second-order valence-electron chi connectivity index (χ2n) is 4.12. The number of aryl methyl sites for hydroxylation is 1. The Kier molecular flexibility index (Phi) is 4.02. The lowest BCUT2D eigenvalue weighted by Gasteiger charge is -2.06. The van der Waals surface area contributed by atoms with Crippen molar-refractivity contribution in [3.8, 4) is 5.75 Å². The first-order valence-electron chi connectivity index (χ1n) is 5.90. The van der Waals surface area contributed by atoms with Gasteiger partial charge in [-0.2, -0.15) is 5.10 Å². The maximum Gasteiger partial charge on any atom is 0.227 e. The van der Waals surface area contributed by atoms with Gasteiger partial charge in [-0.05, 0) is 24.3 Å². The number of aromatic nitrogens is 2. The van der Waals surface area contributed by atoms with Crippen molar-refractivity contribution in [2.75, 3.05) is 17.7 Å². The van der Waals surface area contributed by atoms with E-state index in [-0.39, 0.29) is 12.3 Å². The molecule has 0 aliphatic heterocycles. The van der Waals surface area contributed by atoms with Crippen molar-refractivity contribution in [2.24, 2.45) is 7.05 Å². The summed E-state index contributed by atoms with van der Waals surface area (Å²) in [6.45, 7) is 0.315. The smallest absolute Gasteiger partial charge is 0.227 e. The molecule has 0 radical (unpaired) electrons. The second-order valence-corrected chi connectivity index (χ2v) is 4.12. The molecule has 6 heteroatoms. The fourth-order valence-electron chi connectivity index (χ4n) is 1.53. The van der Waals surface area contributed by atoms with Gasteiger partial charge in [-0.1, -0.05) is 0 Å². The lowest BCUT2D eigenvalue weighted by Crippen LogP contribution is -2.14. The number of nitrogens with two attached hydrogens (primary N) is 1.